The Morgan fingerprint density at radius 3 is 2.70 bits per heavy atom. The Morgan fingerprint density at radius 1 is 1.43 bits per heavy atom. The molecule has 1 fully saturated rings. The summed E-state index contributed by atoms with van der Waals surface area (Å²) >= 11 is 0. The Kier molecular flexibility index (Phi) is 5.55. The summed E-state index contributed by atoms with van der Waals surface area (Å²) in [4.78, 5) is 4.67. The number of rotatable bonds is 5. The average molecular weight is 313 g/mol. The highest BCUT2D eigenvalue weighted by Crippen LogP contribution is 2.23. The normalized spacial score (nSPS) is 18.6. The maximum absolute atomic E-state index is 8.81. The van der Waals surface area contributed by atoms with Gasteiger partial charge in [-0.2, -0.15) is 10.4 Å². The van der Waals surface area contributed by atoms with E-state index in [0.717, 1.165) is 18.8 Å². The van der Waals surface area contributed by atoms with Crippen LogP contribution < -0.4 is 16.1 Å². The van der Waals surface area contributed by atoms with Crippen molar-refractivity contribution in [1.82, 2.24) is 4.90 Å². The molecule has 1 unspecified atom stereocenters. The van der Waals surface area contributed by atoms with Crippen LogP contribution in [-0.4, -0.2) is 49.7 Å². The molecule has 122 valence electrons. The van der Waals surface area contributed by atoms with Gasteiger partial charge in [-0.1, -0.05) is 0 Å². The number of amidine groups is 1. The molecule has 7 nitrogen and oxygen atoms in total. The molecule has 1 aromatic rings. The number of hydrazone groups is 1. The third-order valence-electron chi connectivity index (χ3n) is 4.02. The van der Waals surface area contributed by atoms with Gasteiger partial charge in [-0.15, -0.1) is 0 Å². The molecular formula is C16H23N7. The van der Waals surface area contributed by atoms with Gasteiger partial charge in [0.15, 0.2) is 5.84 Å². The Bertz CT molecular complexity index is 612. The second-order valence-corrected chi connectivity index (χ2v) is 5.85. The van der Waals surface area contributed by atoms with Crippen LogP contribution >= 0.6 is 0 Å². The van der Waals surface area contributed by atoms with Gasteiger partial charge in [0, 0.05) is 24.8 Å². The molecule has 1 aromatic carbocycles. The first kappa shape index (κ1) is 16.8. The first-order valence-corrected chi connectivity index (χ1v) is 7.61. The number of nitrogens with two attached hydrogens (primary N) is 1. The SMILES string of the molecule is CN(C)C1CCCN(c2ccc(N/N=C(\C#N)C(=N)N)cc2)C1. The Hall–Kier alpha value is -2.59. The number of likely N-dealkylation sites (N-methyl/N-ethyl adjacent to an activating group) is 1. The fourth-order valence-corrected chi connectivity index (χ4v) is 2.62. The summed E-state index contributed by atoms with van der Waals surface area (Å²) in [7, 11) is 4.25. The minimum absolute atomic E-state index is 0.126. The molecule has 23 heavy (non-hydrogen) atoms. The van der Waals surface area contributed by atoms with E-state index < -0.39 is 0 Å². The lowest BCUT2D eigenvalue weighted by Gasteiger charge is -2.37. The maximum atomic E-state index is 8.81. The number of anilines is 2. The molecule has 1 saturated heterocycles. The van der Waals surface area contributed by atoms with E-state index in [-0.39, 0.29) is 11.5 Å². The molecule has 0 saturated carbocycles. The van der Waals surface area contributed by atoms with Crippen molar-refractivity contribution in [2.75, 3.05) is 37.5 Å². The lowest BCUT2D eigenvalue weighted by molar-refractivity contribution is 0.258. The second kappa shape index (κ2) is 7.61. The first-order valence-electron chi connectivity index (χ1n) is 7.61. The van der Waals surface area contributed by atoms with Gasteiger partial charge in [0.25, 0.3) is 0 Å². The number of benzene rings is 1. The lowest BCUT2D eigenvalue weighted by atomic mass is 10.0. The summed E-state index contributed by atoms with van der Waals surface area (Å²) in [5, 5.41) is 19.8. The number of nitrogens with zero attached hydrogens (tertiary/aromatic N) is 4. The Labute approximate surface area is 136 Å². The molecule has 2 rings (SSSR count). The van der Waals surface area contributed by atoms with Crippen LogP contribution in [0.4, 0.5) is 11.4 Å². The fraction of sp³-hybridized carbons (Fsp3) is 0.438. The van der Waals surface area contributed by atoms with Crippen LogP contribution in [0, 0.1) is 16.7 Å². The number of hydrogen-bond acceptors (Lipinski definition) is 6. The van der Waals surface area contributed by atoms with Crippen molar-refractivity contribution in [3.05, 3.63) is 24.3 Å². The van der Waals surface area contributed by atoms with Gasteiger partial charge >= 0.3 is 0 Å². The highest BCUT2D eigenvalue weighted by molar-refractivity contribution is 6.45. The molecule has 1 aliphatic rings. The zero-order valence-corrected chi connectivity index (χ0v) is 13.6. The van der Waals surface area contributed by atoms with Gasteiger partial charge in [-0.3, -0.25) is 10.8 Å². The molecule has 0 aromatic heterocycles. The predicted molar refractivity (Wildman–Crippen MR) is 93.9 cm³/mol. The smallest absolute Gasteiger partial charge is 0.201 e. The van der Waals surface area contributed by atoms with Gasteiger partial charge in [0.1, 0.15) is 6.07 Å². The van der Waals surface area contributed by atoms with Gasteiger partial charge in [0.2, 0.25) is 5.71 Å². The quantitative estimate of drug-likeness (QED) is 0.433. The minimum atomic E-state index is -0.348. The molecule has 7 heteroatoms. The van der Waals surface area contributed by atoms with Crippen molar-refractivity contribution < 1.29 is 0 Å². The summed E-state index contributed by atoms with van der Waals surface area (Å²) < 4.78 is 0. The molecule has 1 atom stereocenters. The van der Waals surface area contributed by atoms with Crippen molar-refractivity contribution in [1.29, 1.82) is 10.7 Å². The number of hydrogen-bond donors (Lipinski definition) is 3. The molecule has 1 aliphatic heterocycles. The highest BCUT2D eigenvalue weighted by Gasteiger charge is 2.21. The van der Waals surface area contributed by atoms with Crippen molar-refractivity contribution in [3.8, 4) is 6.07 Å². The third-order valence-corrected chi connectivity index (χ3v) is 4.02. The molecule has 0 aliphatic carbocycles. The van der Waals surface area contributed by atoms with E-state index in [1.165, 1.54) is 18.5 Å². The van der Waals surface area contributed by atoms with E-state index in [0.29, 0.717) is 6.04 Å². The summed E-state index contributed by atoms with van der Waals surface area (Å²) in [6.45, 7) is 2.10. The van der Waals surface area contributed by atoms with Crippen LogP contribution in [0.5, 0.6) is 0 Å². The van der Waals surface area contributed by atoms with Crippen LogP contribution in [0.2, 0.25) is 0 Å². The molecular weight excluding hydrogens is 290 g/mol. The van der Waals surface area contributed by atoms with E-state index in [2.05, 4.69) is 34.4 Å². The van der Waals surface area contributed by atoms with Gasteiger partial charge in [0.05, 0.1) is 5.69 Å². The van der Waals surface area contributed by atoms with Gasteiger partial charge in [-0.05, 0) is 51.2 Å². The third kappa shape index (κ3) is 4.44. The Morgan fingerprint density at radius 2 is 2.13 bits per heavy atom. The Balaban J connectivity index is 2.02. The molecule has 0 bridgehead atoms. The molecule has 4 N–H and O–H groups in total. The van der Waals surface area contributed by atoms with Crippen molar-refractivity contribution in [2.45, 2.75) is 18.9 Å². The van der Waals surface area contributed by atoms with Crippen LogP contribution in [0.15, 0.2) is 29.4 Å². The number of piperidine rings is 1. The standard InChI is InChI=1S/C16H23N7/c1-22(2)14-4-3-9-23(11-14)13-7-5-12(6-8-13)20-21-15(10-17)16(18)19/h5-8,14,20H,3-4,9,11H2,1-2H3,(H3,18,19)/b21-15+. The predicted octanol–water partition coefficient (Wildman–Crippen LogP) is 1.44. The zero-order valence-electron chi connectivity index (χ0n) is 13.6. The van der Waals surface area contributed by atoms with E-state index in [1.54, 1.807) is 6.07 Å². The molecule has 1 heterocycles. The van der Waals surface area contributed by atoms with Crippen LogP contribution in [0.25, 0.3) is 0 Å². The first-order chi connectivity index (χ1) is 11.0. The summed E-state index contributed by atoms with van der Waals surface area (Å²) in [6, 6.07) is 10.3. The average Bonchev–Trinajstić information content (AvgIpc) is 2.56. The lowest BCUT2D eigenvalue weighted by Crippen LogP contribution is -2.45. The van der Waals surface area contributed by atoms with E-state index >= 15 is 0 Å². The topological polar surface area (TPSA) is 105 Å². The van der Waals surface area contributed by atoms with Crippen LogP contribution in [0.1, 0.15) is 12.8 Å². The fourth-order valence-electron chi connectivity index (χ4n) is 2.62. The van der Waals surface area contributed by atoms with Crippen LogP contribution in [-0.2, 0) is 0 Å². The number of nitrogens with one attached hydrogen (secondary N) is 2. The van der Waals surface area contributed by atoms with Gasteiger partial charge in [-0.25, -0.2) is 0 Å². The highest BCUT2D eigenvalue weighted by atomic mass is 15.3. The molecule has 0 radical (unpaired) electrons. The van der Waals surface area contributed by atoms with Crippen molar-refractivity contribution in [3.63, 3.8) is 0 Å². The summed E-state index contributed by atoms with van der Waals surface area (Å²) in [5.41, 5.74) is 9.81. The monoisotopic (exact) mass is 313 g/mol. The van der Waals surface area contributed by atoms with E-state index in [1.807, 2.05) is 24.3 Å². The maximum Gasteiger partial charge on any atom is 0.201 e. The van der Waals surface area contributed by atoms with Gasteiger partial charge < -0.3 is 15.5 Å². The summed E-state index contributed by atoms with van der Waals surface area (Å²) in [6.07, 6.45) is 2.43. The van der Waals surface area contributed by atoms with E-state index in [4.69, 9.17) is 16.4 Å². The van der Waals surface area contributed by atoms with Crippen molar-refractivity contribution >= 4 is 22.9 Å². The molecule has 0 amide bonds. The minimum Gasteiger partial charge on any atom is -0.382 e. The zero-order chi connectivity index (χ0) is 16.8. The largest absolute Gasteiger partial charge is 0.382 e. The van der Waals surface area contributed by atoms with Crippen LogP contribution in [0.3, 0.4) is 0 Å². The second-order valence-electron chi connectivity index (χ2n) is 5.85. The van der Waals surface area contributed by atoms with E-state index in [9.17, 15) is 0 Å². The van der Waals surface area contributed by atoms with Crippen molar-refractivity contribution in [2.24, 2.45) is 10.8 Å². The molecule has 0 spiro atoms. The number of nitriles is 1. The summed E-state index contributed by atoms with van der Waals surface area (Å²) in [5.74, 6) is -0.348.